The first kappa shape index (κ1) is 16.0. The molecule has 4 nitrogen and oxygen atoms in total. The van der Waals surface area contributed by atoms with Crippen LogP contribution in [-0.2, 0) is 11.3 Å². The molecule has 1 amide bonds. The standard InChI is InChI=1S/C17H27N3O/c1-18-12-17(21)19-16-11-7-6-8-14(16)13-20(2)15-9-4-3-5-10-15/h6-8,11,15,18H,3-5,9-10,12-13H2,1-2H3,(H,19,21). The Morgan fingerprint density at radius 3 is 2.67 bits per heavy atom. The molecular formula is C17H27N3O. The zero-order chi connectivity index (χ0) is 15.1. The van der Waals surface area contributed by atoms with E-state index in [-0.39, 0.29) is 5.91 Å². The van der Waals surface area contributed by atoms with E-state index < -0.39 is 0 Å². The fourth-order valence-electron chi connectivity index (χ4n) is 3.05. The largest absolute Gasteiger partial charge is 0.325 e. The van der Waals surface area contributed by atoms with Crippen molar-refractivity contribution in [2.45, 2.75) is 44.7 Å². The van der Waals surface area contributed by atoms with Crippen LogP contribution < -0.4 is 10.6 Å². The van der Waals surface area contributed by atoms with Crippen molar-refractivity contribution in [3.05, 3.63) is 29.8 Å². The maximum Gasteiger partial charge on any atom is 0.238 e. The Morgan fingerprint density at radius 1 is 1.24 bits per heavy atom. The molecule has 1 aliphatic rings. The molecule has 1 aliphatic carbocycles. The lowest BCUT2D eigenvalue weighted by atomic mass is 9.94. The summed E-state index contributed by atoms with van der Waals surface area (Å²) in [6.45, 7) is 1.23. The molecule has 0 aromatic heterocycles. The van der Waals surface area contributed by atoms with Crippen LogP contribution in [0.25, 0.3) is 0 Å². The van der Waals surface area contributed by atoms with Gasteiger partial charge in [0.15, 0.2) is 0 Å². The van der Waals surface area contributed by atoms with Gasteiger partial charge in [0.25, 0.3) is 0 Å². The van der Waals surface area contributed by atoms with Gasteiger partial charge >= 0.3 is 0 Å². The topological polar surface area (TPSA) is 44.4 Å². The summed E-state index contributed by atoms with van der Waals surface area (Å²) in [5, 5.41) is 5.87. The molecule has 1 aromatic carbocycles. The lowest BCUT2D eigenvalue weighted by molar-refractivity contribution is -0.115. The Hall–Kier alpha value is -1.39. The molecule has 0 aliphatic heterocycles. The Bertz CT molecular complexity index is 455. The predicted molar refractivity (Wildman–Crippen MR) is 87.3 cm³/mol. The molecule has 21 heavy (non-hydrogen) atoms. The smallest absolute Gasteiger partial charge is 0.238 e. The Balaban J connectivity index is 2.00. The lowest BCUT2D eigenvalue weighted by Gasteiger charge is -2.31. The maximum absolute atomic E-state index is 11.8. The van der Waals surface area contributed by atoms with E-state index in [1.54, 1.807) is 7.05 Å². The van der Waals surface area contributed by atoms with Crippen LogP contribution in [0.1, 0.15) is 37.7 Å². The van der Waals surface area contributed by atoms with Crippen LogP contribution in [0.2, 0.25) is 0 Å². The van der Waals surface area contributed by atoms with Gasteiger partial charge in [-0.15, -0.1) is 0 Å². The summed E-state index contributed by atoms with van der Waals surface area (Å²) in [6, 6.07) is 8.78. The van der Waals surface area contributed by atoms with Crippen molar-refractivity contribution in [2.75, 3.05) is 26.0 Å². The molecule has 0 atom stereocenters. The zero-order valence-corrected chi connectivity index (χ0v) is 13.2. The third-order valence-corrected chi connectivity index (χ3v) is 4.25. The van der Waals surface area contributed by atoms with Gasteiger partial charge in [0, 0.05) is 18.3 Å². The van der Waals surface area contributed by atoms with E-state index in [0.717, 1.165) is 12.2 Å². The highest BCUT2D eigenvalue weighted by atomic mass is 16.1. The summed E-state index contributed by atoms with van der Waals surface area (Å²) >= 11 is 0. The highest BCUT2D eigenvalue weighted by Crippen LogP contribution is 2.24. The zero-order valence-electron chi connectivity index (χ0n) is 13.2. The number of carbonyl (C=O) groups excluding carboxylic acids is 1. The first-order valence-corrected chi connectivity index (χ1v) is 7.93. The molecule has 1 aromatic rings. The SMILES string of the molecule is CNCC(=O)Nc1ccccc1CN(C)C1CCCCC1. The second-order valence-electron chi connectivity index (χ2n) is 5.94. The summed E-state index contributed by atoms with van der Waals surface area (Å²) in [5.41, 5.74) is 2.12. The molecule has 0 radical (unpaired) electrons. The summed E-state index contributed by atoms with van der Waals surface area (Å²) < 4.78 is 0. The number of para-hydroxylation sites is 1. The number of carbonyl (C=O) groups is 1. The molecular weight excluding hydrogens is 262 g/mol. The second kappa shape index (κ2) is 8.15. The third-order valence-electron chi connectivity index (χ3n) is 4.25. The minimum atomic E-state index is 0.00488. The number of nitrogens with zero attached hydrogens (tertiary/aromatic N) is 1. The van der Waals surface area contributed by atoms with Gasteiger partial charge in [-0.2, -0.15) is 0 Å². The van der Waals surface area contributed by atoms with Crippen LogP contribution in [-0.4, -0.2) is 37.5 Å². The molecule has 116 valence electrons. The van der Waals surface area contributed by atoms with Gasteiger partial charge in [0.1, 0.15) is 0 Å². The Labute approximate surface area is 127 Å². The average molecular weight is 289 g/mol. The molecule has 0 spiro atoms. The van der Waals surface area contributed by atoms with Crippen molar-refractivity contribution >= 4 is 11.6 Å². The van der Waals surface area contributed by atoms with Crippen LogP contribution in [0, 0.1) is 0 Å². The lowest BCUT2D eigenvalue weighted by Crippen LogP contribution is -2.33. The number of hydrogen-bond acceptors (Lipinski definition) is 3. The highest BCUT2D eigenvalue weighted by Gasteiger charge is 2.19. The molecule has 2 rings (SSSR count). The second-order valence-corrected chi connectivity index (χ2v) is 5.94. The van der Waals surface area contributed by atoms with Crippen LogP contribution in [0.4, 0.5) is 5.69 Å². The van der Waals surface area contributed by atoms with E-state index in [1.807, 2.05) is 18.2 Å². The molecule has 0 bridgehead atoms. The van der Waals surface area contributed by atoms with Gasteiger partial charge in [0.05, 0.1) is 6.54 Å². The number of likely N-dealkylation sites (N-methyl/N-ethyl adjacent to an activating group) is 1. The van der Waals surface area contributed by atoms with Crippen LogP contribution in [0.3, 0.4) is 0 Å². The number of benzene rings is 1. The first-order chi connectivity index (χ1) is 10.2. The highest BCUT2D eigenvalue weighted by molar-refractivity contribution is 5.92. The van der Waals surface area contributed by atoms with Gasteiger partial charge < -0.3 is 10.6 Å². The van der Waals surface area contributed by atoms with Gasteiger partial charge in [-0.3, -0.25) is 9.69 Å². The number of hydrogen-bond donors (Lipinski definition) is 2. The number of nitrogens with one attached hydrogen (secondary N) is 2. The fraction of sp³-hybridized carbons (Fsp3) is 0.588. The molecule has 4 heteroatoms. The number of anilines is 1. The van der Waals surface area contributed by atoms with Crippen LogP contribution in [0.5, 0.6) is 0 Å². The molecule has 2 N–H and O–H groups in total. The van der Waals surface area contributed by atoms with E-state index in [2.05, 4.69) is 28.6 Å². The minimum Gasteiger partial charge on any atom is -0.325 e. The van der Waals surface area contributed by atoms with E-state index in [0.29, 0.717) is 12.6 Å². The summed E-state index contributed by atoms with van der Waals surface area (Å²) in [5.74, 6) is 0.00488. The first-order valence-electron chi connectivity index (χ1n) is 7.93. The molecule has 0 saturated heterocycles. The average Bonchev–Trinajstić information content (AvgIpc) is 2.50. The van der Waals surface area contributed by atoms with Crippen molar-refractivity contribution < 1.29 is 4.79 Å². The molecule has 0 heterocycles. The monoisotopic (exact) mass is 289 g/mol. The van der Waals surface area contributed by atoms with Crippen molar-refractivity contribution in [1.29, 1.82) is 0 Å². The fourth-order valence-corrected chi connectivity index (χ4v) is 3.05. The Morgan fingerprint density at radius 2 is 1.95 bits per heavy atom. The number of amides is 1. The number of rotatable bonds is 6. The van der Waals surface area contributed by atoms with Crippen molar-refractivity contribution in [2.24, 2.45) is 0 Å². The molecule has 1 fully saturated rings. The quantitative estimate of drug-likeness (QED) is 0.846. The van der Waals surface area contributed by atoms with Crippen molar-refractivity contribution in [3.8, 4) is 0 Å². The van der Waals surface area contributed by atoms with Gasteiger partial charge in [-0.1, -0.05) is 37.5 Å². The van der Waals surface area contributed by atoms with E-state index in [4.69, 9.17) is 0 Å². The maximum atomic E-state index is 11.8. The van der Waals surface area contributed by atoms with Gasteiger partial charge in [-0.25, -0.2) is 0 Å². The van der Waals surface area contributed by atoms with E-state index >= 15 is 0 Å². The van der Waals surface area contributed by atoms with Crippen molar-refractivity contribution in [1.82, 2.24) is 10.2 Å². The van der Waals surface area contributed by atoms with E-state index in [9.17, 15) is 4.79 Å². The van der Waals surface area contributed by atoms with Crippen molar-refractivity contribution in [3.63, 3.8) is 0 Å². The summed E-state index contributed by atoms with van der Waals surface area (Å²) in [4.78, 5) is 14.2. The van der Waals surface area contributed by atoms with E-state index in [1.165, 1.54) is 37.7 Å². The van der Waals surface area contributed by atoms with Gasteiger partial charge in [0.2, 0.25) is 5.91 Å². The predicted octanol–water partition coefficient (Wildman–Crippen LogP) is 2.61. The van der Waals surface area contributed by atoms with Gasteiger partial charge in [-0.05, 0) is 38.6 Å². The van der Waals surface area contributed by atoms with Crippen LogP contribution in [0.15, 0.2) is 24.3 Å². The summed E-state index contributed by atoms with van der Waals surface area (Å²) in [7, 11) is 3.98. The molecule has 0 unspecified atom stereocenters. The van der Waals surface area contributed by atoms with Crippen LogP contribution >= 0.6 is 0 Å². The molecule has 1 saturated carbocycles. The normalized spacial score (nSPS) is 16.1. The Kier molecular flexibility index (Phi) is 6.21. The third kappa shape index (κ3) is 4.83. The minimum absolute atomic E-state index is 0.00488. The summed E-state index contributed by atoms with van der Waals surface area (Å²) in [6.07, 6.45) is 6.65.